The van der Waals surface area contributed by atoms with E-state index in [0.29, 0.717) is 24.5 Å². The minimum absolute atomic E-state index is 0. The van der Waals surface area contributed by atoms with Crippen LogP contribution >= 0.6 is 24.0 Å². The van der Waals surface area contributed by atoms with E-state index in [-0.39, 0.29) is 42.8 Å². The van der Waals surface area contributed by atoms with Gasteiger partial charge in [-0.1, -0.05) is 17.7 Å². The van der Waals surface area contributed by atoms with Crippen molar-refractivity contribution in [3.63, 3.8) is 0 Å². The van der Waals surface area contributed by atoms with E-state index in [2.05, 4.69) is 20.4 Å². The number of nitrogens with zero attached hydrogens (tertiary/aromatic N) is 2. The van der Waals surface area contributed by atoms with Crippen LogP contribution in [0.1, 0.15) is 17.5 Å². The second-order valence-corrected chi connectivity index (χ2v) is 6.05. The summed E-state index contributed by atoms with van der Waals surface area (Å²) in [5, 5.41) is 5.95. The number of rotatable bonds is 9. The van der Waals surface area contributed by atoms with E-state index in [0.717, 1.165) is 5.56 Å². The fourth-order valence-electron chi connectivity index (χ4n) is 2.40. The number of hydrogen-bond acceptors (Lipinski definition) is 3. The number of nitrogens with one attached hydrogen (secondary N) is 2. The van der Waals surface area contributed by atoms with Crippen LogP contribution in [0.15, 0.2) is 23.2 Å². The number of ether oxygens (including phenoxy) is 1. The molecule has 0 spiro atoms. The smallest absolute Gasteiger partial charge is 0.401 e. The Morgan fingerprint density at radius 1 is 1.25 bits per heavy atom. The lowest BCUT2D eigenvalue weighted by Crippen LogP contribution is -2.39. The predicted octanol–water partition coefficient (Wildman–Crippen LogP) is 3.76. The van der Waals surface area contributed by atoms with Crippen LogP contribution in [0.3, 0.4) is 0 Å². The molecule has 11 heteroatoms. The molecule has 0 aliphatic rings. The molecule has 2 N–H and O–H groups in total. The van der Waals surface area contributed by atoms with Crippen molar-refractivity contribution >= 4 is 29.9 Å². The summed E-state index contributed by atoms with van der Waals surface area (Å²) in [6.07, 6.45) is -3.73. The van der Waals surface area contributed by atoms with Crippen molar-refractivity contribution in [3.8, 4) is 5.75 Å². The van der Waals surface area contributed by atoms with Gasteiger partial charge in [0.25, 0.3) is 0 Å². The molecule has 0 aromatic heterocycles. The lowest BCUT2D eigenvalue weighted by Gasteiger charge is -2.19. The van der Waals surface area contributed by atoms with Crippen LogP contribution in [0.25, 0.3) is 0 Å². The van der Waals surface area contributed by atoms with Crippen LogP contribution in [0, 0.1) is 6.92 Å². The second-order valence-electron chi connectivity index (χ2n) is 6.05. The van der Waals surface area contributed by atoms with Gasteiger partial charge in [0.05, 0.1) is 6.54 Å². The molecule has 0 radical (unpaired) electrons. The molecule has 0 bridgehead atoms. The Morgan fingerprint density at radius 3 is 2.50 bits per heavy atom. The first-order chi connectivity index (χ1) is 12.6. The number of hydrogen-bond donors (Lipinski definition) is 2. The maximum atomic E-state index is 12.5. The van der Waals surface area contributed by atoms with Crippen molar-refractivity contribution < 1.29 is 26.7 Å². The van der Waals surface area contributed by atoms with E-state index >= 15 is 0 Å². The summed E-state index contributed by atoms with van der Waals surface area (Å²) in [5.41, 5.74) is 1.44. The summed E-state index contributed by atoms with van der Waals surface area (Å²) < 4.78 is 66.2. The first-order valence-electron chi connectivity index (χ1n) is 8.35. The molecule has 0 fully saturated rings. The fraction of sp³-hybridized carbons (Fsp3) is 0.588. The van der Waals surface area contributed by atoms with E-state index in [1.165, 1.54) is 25.1 Å². The van der Waals surface area contributed by atoms with Gasteiger partial charge in [0.1, 0.15) is 5.75 Å². The normalized spacial score (nSPS) is 12.1. The summed E-state index contributed by atoms with van der Waals surface area (Å²) in [4.78, 5) is 5.20. The Kier molecular flexibility index (Phi) is 12.3. The van der Waals surface area contributed by atoms with Crippen molar-refractivity contribution in [1.29, 1.82) is 0 Å². The molecule has 1 aromatic rings. The number of alkyl halides is 5. The molecule has 28 heavy (non-hydrogen) atoms. The average Bonchev–Trinajstić information content (AvgIpc) is 2.54. The molecule has 0 atom stereocenters. The van der Waals surface area contributed by atoms with Gasteiger partial charge in [0.15, 0.2) is 5.96 Å². The monoisotopic (exact) mass is 524 g/mol. The van der Waals surface area contributed by atoms with E-state index < -0.39 is 19.3 Å². The summed E-state index contributed by atoms with van der Waals surface area (Å²) in [7, 11) is 2.95. The molecule has 0 unspecified atom stereocenters. The molecule has 1 aromatic carbocycles. The Bertz CT molecular complexity index is 614. The zero-order chi connectivity index (χ0) is 20.4. The van der Waals surface area contributed by atoms with Crippen molar-refractivity contribution in [2.75, 3.05) is 33.7 Å². The van der Waals surface area contributed by atoms with Gasteiger partial charge in [-0.2, -0.15) is 22.0 Å². The SMILES string of the molecule is CN=C(NCCCN(C)CC(F)(F)F)NCc1cc(C)ccc1OC(F)F.I. The summed E-state index contributed by atoms with van der Waals surface area (Å²) in [5.74, 6) is 0.491. The Labute approximate surface area is 178 Å². The van der Waals surface area contributed by atoms with Gasteiger partial charge >= 0.3 is 12.8 Å². The van der Waals surface area contributed by atoms with E-state index in [1.54, 1.807) is 12.1 Å². The minimum Gasteiger partial charge on any atom is -0.434 e. The largest absolute Gasteiger partial charge is 0.434 e. The zero-order valence-corrected chi connectivity index (χ0v) is 18.3. The molecule has 0 aliphatic carbocycles. The number of halogens is 6. The van der Waals surface area contributed by atoms with E-state index in [1.807, 2.05) is 6.92 Å². The lowest BCUT2D eigenvalue weighted by molar-refractivity contribution is -0.143. The lowest BCUT2D eigenvalue weighted by atomic mass is 10.1. The number of aliphatic imine (C=N–C) groups is 1. The number of guanidine groups is 1. The predicted molar refractivity (Wildman–Crippen MR) is 110 cm³/mol. The van der Waals surface area contributed by atoms with Crippen LogP contribution in [-0.2, 0) is 6.54 Å². The molecule has 0 amide bonds. The maximum Gasteiger partial charge on any atom is 0.401 e. The van der Waals surface area contributed by atoms with Gasteiger partial charge in [-0.05, 0) is 33.0 Å². The van der Waals surface area contributed by atoms with Gasteiger partial charge in [-0.25, -0.2) is 0 Å². The maximum absolute atomic E-state index is 12.5. The quantitative estimate of drug-likeness (QED) is 0.170. The molecular weight excluding hydrogens is 498 g/mol. The van der Waals surface area contributed by atoms with Crippen molar-refractivity contribution in [3.05, 3.63) is 29.3 Å². The third kappa shape index (κ3) is 11.5. The Morgan fingerprint density at radius 2 is 1.93 bits per heavy atom. The molecule has 0 heterocycles. The van der Waals surface area contributed by atoms with Crippen LogP contribution in [0.2, 0.25) is 0 Å². The minimum atomic E-state index is -4.22. The topological polar surface area (TPSA) is 48.9 Å². The third-order valence-corrected chi connectivity index (χ3v) is 3.56. The van der Waals surface area contributed by atoms with E-state index in [4.69, 9.17) is 0 Å². The van der Waals surface area contributed by atoms with Gasteiger partial charge in [-0.15, -0.1) is 24.0 Å². The molecule has 1 rings (SSSR count). The highest BCUT2D eigenvalue weighted by Crippen LogP contribution is 2.22. The zero-order valence-electron chi connectivity index (χ0n) is 15.9. The highest BCUT2D eigenvalue weighted by atomic mass is 127. The second kappa shape index (κ2) is 13.0. The highest BCUT2D eigenvalue weighted by molar-refractivity contribution is 14.0. The van der Waals surface area contributed by atoms with Crippen molar-refractivity contribution in [2.24, 2.45) is 4.99 Å². The van der Waals surface area contributed by atoms with Crippen LogP contribution < -0.4 is 15.4 Å². The van der Waals surface area contributed by atoms with Gasteiger partial charge in [0.2, 0.25) is 0 Å². The first-order valence-corrected chi connectivity index (χ1v) is 8.35. The molecular formula is C17H26F5IN4O. The van der Waals surface area contributed by atoms with Crippen LogP contribution in [0.4, 0.5) is 22.0 Å². The third-order valence-electron chi connectivity index (χ3n) is 3.56. The standard InChI is InChI=1S/C17H25F5N4O.HI/c1-12-5-6-14(27-15(18)19)13(9-12)10-25-16(23-2)24-7-4-8-26(3)11-17(20,21)22;/h5-6,9,15H,4,7-8,10-11H2,1-3H3,(H2,23,24,25);1H. The van der Waals surface area contributed by atoms with Crippen LogP contribution in [0.5, 0.6) is 5.75 Å². The molecule has 0 saturated heterocycles. The van der Waals surface area contributed by atoms with Gasteiger partial charge < -0.3 is 15.4 Å². The summed E-state index contributed by atoms with van der Waals surface area (Å²) in [6.45, 7) is -1.15. The average molecular weight is 524 g/mol. The van der Waals surface area contributed by atoms with E-state index in [9.17, 15) is 22.0 Å². The highest BCUT2D eigenvalue weighted by Gasteiger charge is 2.28. The fourth-order valence-corrected chi connectivity index (χ4v) is 2.40. The molecule has 0 aliphatic heterocycles. The van der Waals surface area contributed by atoms with Gasteiger partial charge in [-0.3, -0.25) is 9.89 Å². The number of benzene rings is 1. The first kappa shape index (κ1) is 26.6. The Balaban J connectivity index is 0.00000729. The van der Waals surface area contributed by atoms with Crippen LogP contribution in [-0.4, -0.2) is 57.4 Å². The molecule has 162 valence electrons. The number of aryl methyl sites for hydroxylation is 1. The molecule has 0 saturated carbocycles. The summed E-state index contributed by atoms with van der Waals surface area (Å²) in [6, 6.07) is 4.88. The van der Waals surface area contributed by atoms with Crippen molar-refractivity contribution in [1.82, 2.24) is 15.5 Å². The summed E-state index contributed by atoms with van der Waals surface area (Å²) >= 11 is 0. The van der Waals surface area contributed by atoms with Crippen molar-refractivity contribution in [2.45, 2.75) is 32.7 Å². The molecule has 5 nitrogen and oxygen atoms in total. The van der Waals surface area contributed by atoms with Gasteiger partial charge in [0, 0.05) is 25.7 Å². The Hall–Kier alpha value is -1.37.